The van der Waals surface area contributed by atoms with E-state index in [9.17, 15) is 0 Å². The van der Waals surface area contributed by atoms with Crippen molar-refractivity contribution in [1.29, 1.82) is 0 Å². The molecule has 0 amide bonds. The van der Waals surface area contributed by atoms with Crippen LogP contribution in [0, 0.1) is 6.57 Å². The Bertz CT molecular complexity index is 6120. The molecule has 4 heterocycles. The summed E-state index contributed by atoms with van der Waals surface area (Å²) in [6, 6.07) is 115. The average molecular weight is 1300 g/mol. The van der Waals surface area contributed by atoms with Crippen LogP contribution in [0.3, 0.4) is 0 Å². The molecule has 0 radical (unpaired) electrons. The zero-order chi connectivity index (χ0) is 66.9. The summed E-state index contributed by atoms with van der Waals surface area (Å²) in [4.78, 5) is 33.9. The zero-order valence-corrected chi connectivity index (χ0v) is 54.9. The van der Waals surface area contributed by atoms with Gasteiger partial charge in [0.25, 0.3) is 0 Å². The van der Waals surface area contributed by atoms with E-state index in [1.807, 2.05) is 170 Å². The Labute approximate surface area is 578 Å². The van der Waals surface area contributed by atoms with Crippen molar-refractivity contribution >= 4 is 93.6 Å². The number of hydrogen-bond acceptors (Lipinski definition) is 7. The predicted octanol–water partition coefficient (Wildman–Crippen LogP) is 22.2. The molecular formula is C91H58N7OP. The minimum Gasteiger partial charge on any atom is -0.309 e. The van der Waals surface area contributed by atoms with E-state index >= 15 is 4.57 Å². The lowest BCUT2D eigenvalue weighted by Crippen LogP contribution is -2.25. The van der Waals surface area contributed by atoms with Crippen LogP contribution in [0.2, 0.25) is 0 Å². The Hall–Kier alpha value is -13.2. The fourth-order valence-corrected chi connectivity index (χ4v) is 16.5. The fraction of sp³-hybridized carbons (Fsp3) is 0. The summed E-state index contributed by atoms with van der Waals surface area (Å²) < 4.78 is 15.2. The van der Waals surface area contributed by atoms with Crippen LogP contribution in [0.15, 0.2) is 352 Å². The quantitative estimate of drug-likeness (QED) is 0.0723. The van der Waals surface area contributed by atoms with E-state index < -0.39 is 7.14 Å². The van der Waals surface area contributed by atoms with Crippen LogP contribution in [0.1, 0.15) is 0 Å². The molecule has 18 aromatic rings. The molecule has 0 saturated heterocycles. The standard InChI is InChI=1S/C46H31N2OP.C45H27N5/c49-50(36-19-9-3-10-20-36,37-21-11-4-12-22-37)38-27-35(30-47-31-38)34-25-26-41-44(28-34)48-46(33-17-7-2-8-18-33)43-29-42(32-15-5-1-6-16-32)39-23-13-14-24-40(39)45(41)43;1-46-34-24-21-30(22-25-34)42-39-28-38(29-13-5-2-6-14-29)35-19-11-12-20-36(35)41(39)37-26-23-33(27-40(37)47-42)45-49-43(31-15-7-3-8-16-31)48-44(50-45)32-17-9-4-10-18-32/h1-31H;2-28H. The number of fused-ring (bicyclic) bond motifs is 10. The number of hydrogen-bond donors (Lipinski definition) is 0. The highest BCUT2D eigenvalue weighted by molar-refractivity contribution is 7.85. The Morgan fingerprint density at radius 2 is 0.620 bits per heavy atom. The van der Waals surface area contributed by atoms with Gasteiger partial charge in [-0.25, -0.2) is 29.8 Å². The van der Waals surface area contributed by atoms with Gasteiger partial charge in [-0.05, 0) is 85.3 Å². The Balaban J connectivity index is 0.000000150. The number of nitrogens with zero attached hydrogens (tertiary/aromatic N) is 7. The number of aromatic nitrogens is 6. The number of benzene rings is 14. The van der Waals surface area contributed by atoms with Crippen LogP contribution in [0.5, 0.6) is 0 Å². The van der Waals surface area contributed by atoms with Crippen molar-refractivity contribution in [1.82, 2.24) is 29.9 Å². The van der Waals surface area contributed by atoms with Gasteiger partial charge in [-0.3, -0.25) is 4.98 Å². The van der Waals surface area contributed by atoms with Crippen molar-refractivity contribution in [3.05, 3.63) is 364 Å². The predicted molar refractivity (Wildman–Crippen MR) is 414 cm³/mol. The second-order valence-corrected chi connectivity index (χ2v) is 27.4. The van der Waals surface area contributed by atoms with Crippen molar-refractivity contribution in [2.24, 2.45) is 0 Å². The lowest BCUT2D eigenvalue weighted by molar-refractivity contribution is 0.592. The minimum atomic E-state index is -3.19. The molecule has 0 atom stereocenters. The smallest absolute Gasteiger partial charge is 0.187 e. The summed E-state index contributed by atoms with van der Waals surface area (Å²) in [7, 11) is -3.19. The first kappa shape index (κ1) is 60.5. The van der Waals surface area contributed by atoms with Gasteiger partial charge in [0.05, 0.1) is 29.0 Å². The highest BCUT2D eigenvalue weighted by Gasteiger charge is 2.31. The van der Waals surface area contributed by atoms with Gasteiger partial charge in [-0.1, -0.05) is 309 Å². The van der Waals surface area contributed by atoms with Gasteiger partial charge in [0.2, 0.25) is 0 Å². The number of pyridine rings is 3. The van der Waals surface area contributed by atoms with E-state index in [-0.39, 0.29) is 0 Å². The molecule has 0 unspecified atom stereocenters. The van der Waals surface area contributed by atoms with Gasteiger partial charge >= 0.3 is 0 Å². The second kappa shape index (κ2) is 26.1. The highest BCUT2D eigenvalue weighted by Crippen LogP contribution is 2.47. The molecule has 0 N–H and O–H groups in total. The summed E-state index contributed by atoms with van der Waals surface area (Å²) in [6.07, 6.45) is 3.60. The van der Waals surface area contributed by atoms with Crippen molar-refractivity contribution in [2.45, 2.75) is 0 Å². The van der Waals surface area contributed by atoms with Gasteiger partial charge in [0, 0.05) is 88.4 Å². The molecule has 8 nitrogen and oxygen atoms in total. The molecule has 0 saturated carbocycles. The summed E-state index contributed by atoms with van der Waals surface area (Å²) in [6.45, 7) is 7.51. The summed E-state index contributed by atoms with van der Waals surface area (Å²) in [5.74, 6) is 1.80. The minimum absolute atomic E-state index is 0.578. The van der Waals surface area contributed by atoms with E-state index in [0.29, 0.717) is 28.5 Å². The van der Waals surface area contributed by atoms with Crippen molar-refractivity contribution in [2.75, 3.05) is 0 Å². The molecule has 0 spiro atoms. The first-order valence-electron chi connectivity index (χ1n) is 33.2. The molecule has 0 aliphatic heterocycles. The largest absolute Gasteiger partial charge is 0.309 e. The summed E-state index contributed by atoms with van der Waals surface area (Å²) in [5, 5.41) is 13.6. The molecule has 0 bridgehead atoms. The van der Waals surface area contributed by atoms with Crippen LogP contribution in [-0.4, -0.2) is 29.9 Å². The molecule has 18 rings (SSSR count). The van der Waals surface area contributed by atoms with Gasteiger partial charge in [-0.2, -0.15) is 0 Å². The fourth-order valence-electron chi connectivity index (χ4n) is 13.9. The second-order valence-electron chi connectivity index (χ2n) is 24.7. The first-order valence-corrected chi connectivity index (χ1v) is 34.9. The van der Waals surface area contributed by atoms with Gasteiger partial charge in [0.1, 0.15) is 0 Å². The lowest BCUT2D eigenvalue weighted by atomic mass is 9.89. The van der Waals surface area contributed by atoms with E-state index in [0.717, 1.165) is 115 Å². The van der Waals surface area contributed by atoms with Gasteiger partial charge < -0.3 is 4.57 Å². The molecule has 0 aliphatic rings. The Morgan fingerprint density at radius 3 is 1.07 bits per heavy atom. The van der Waals surface area contributed by atoms with Crippen LogP contribution in [0.25, 0.3) is 160 Å². The van der Waals surface area contributed by atoms with Crippen LogP contribution >= 0.6 is 7.14 Å². The first-order chi connectivity index (χ1) is 49.4. The topological polar surface area (TPSA) is 98.8 Å². The van der Waals surface area contributed by atoms with Crippen LogP contribution in [-0.2, 0) is 4.57 Å². The third-order valence-electron chi connectivity index (χ3n) is 18.7. The lowest BCUT2D eigenvalue weighted by Gasteiger charge is -2.20. The maximum atomic E-state index is 15.2. The molecule has 4 aromatic heterocycles. The molecule has 0 fully saturated rings. The van der Waals surface area contributed by atoms with Crippen LogP contribution in [0.4, 0.5) is 5.69 Å². The summed E-state index contributed by atoms with van der Waals surface area (Å²) in [5.41, 5.74) is 15.3. The monoisotopic (exact) mass is 1300 g/mol. The molecule has 468 valence electrons. The van der Waals surface area contributed by atoms with E-state index in [4.69, 9.17) is 31.5 Å². The third kappa shape index (κ3) is 11.2. The molecule has 0 aliphatic carbocycles. The van der Waals surface area contributed by atoms with Gasteiger partial charge in [0.15, 0.2) is 30.3 Å². The maximum absolute atomic E-state index is 15.2. The third-order valence-corrected chi connectivity index (χ3v) is 21.7. The van der Waals surface area contributed by atoms with E-state index in [1.165, 1.54) is 32.7 Å². The van der Waals surface area contributed by atoms with E-state index in [1.54, 1.807) is 6.20 Å². The highest BCUT2D eigenvalue weighted by atomic mass is 31.2. The molecular weight excluding hydrogens is 1240 g/mol. The summed E-state index contributed by atoms with van der Waals surface area (Å²) >= 11 is 0. The normalized spacial score (nSPS) is 11.4. The SMILES string of the molecule is O=P(c1ccccc1)(c1ccccc1)c1cncc(-c2ccc3c(c2)nc(-c2ccccc2)c2cc(-c4ccccc4)c4ccccc4c23)c1.[C-]#[N+]c1ccc(-c2nc3cc(-c4nc(-c5ccccc5)nc(-c5ccccc5)n4)ccc3c3c2cc(-c2ccccc2)c2ccccc23)cc1. The van der Waals surface area contributed by atoms with Crippen molar-refractivity contribution < 1.29 is 4.57 Å². The maximum Gasteiger partial charge on any atom is 0.187 e. The molecule has 9 heteroatoms. The van der Waals surface area contributed by atoms with E-state index in [2.05, 4.69) is 186 Å². The van der Waals surface area contributed by atoms with Gasteiger partial charge in [-0.15, -0.1) is 0 Å². The Morgan fingerprint density at radius 1 is 0.260 bits per heavy atom. The molecule has 100 heavy (non-hydrogen) atoms. The number of rotatable bonds is 11. The van der Waals surface area contributed by atoms with Crippen molar-refractivity contribution in [3.63, 3.8) is 0 Å². The molecule has 14 aromatic carbocycles. The Kier molecular flexibility index (Phi) is 15.8. The van der Waals surface area contributed by atoms with Crippen LogP contribution < -0.4 is 15.9 Å². The zero-order valence-electron chi connectivity index (χ0n) is 54.0. The van der Waals surface area contributed by atoms with Crippen molar-refractivity contribution in [3.8, 4) is 90.1 Å². The average Bonchev–Trinajstić information content (AvgIpc) is 0.742.